The maximum absolute atomic E-state index is 11.0. The maximum atomic E-state index is 11.0. The van der Waals surface area contributed by atoms with Crippen molar-refractivity contribution >= 4 is 5.97 Å². The van der Waals surface area contributed by atoms with Gasteiger partial charge in [-0.1, -0.05) is 25.0 Å². The predicted octanol–water partition coefficient (Wildman–Crippen LogP) is 3.61. The average Bonchev–Trinajstić information content (AvgIpc) is 2.46. The molecule has 0 aromatic heterocycles. The van der Waals surface area contributed by atoms with Gasteiger partial charge < -0.3 is 9.47 Å². The number of rotatable bonds is 5. The molecule has 1 aliphatic carbocycles. The van der Waals surface area contributed by atoms with Crippen molar-refractivity contribution in [2.24, 2.45) is 11.8 Å². The van der Waals surface area contributed by atoms with E-state index in [4.69, 9.17) is 9.47 Å². The molecular weight excluding hydrogens is 252 g/mol. The summed E-state index contributed by atoms with van der Waals surface area (Å²) < 4.78 is 10.5. The molecule has 110 valence electrons. The second kappa shape index (κ2) is 7.32. The zero-order valence-corrected chi connectivity index (χ0v) is 12.4. The van der Waals surface area contributed by atoms with Crippen LogP contribution in [0.1, 0.15) is 38.2 Å². The summed E-state index contributed by atoms with van der Waals surface area (Å²) in [7, 11) is 1.70. The largest absolute Gasteiger partial charge is 0.497 e. The zero-order valence-electron chi connectivity index (χ0n) is 12.4. The lowest BCUT2D eigenvalue weighted by Gasteiger charge is -2.31. The van der Waals surface area contributed by atoms with E-state index in [0.717, 1.165) is 12.2 Å². The summed E-state index contributed by atoms with van der Waals surface area (Å²) in [5, 5.41) is 0. The Morgan fingerprint density at radius 2 is 2.00 bits per heavy atom. The molecule has 2 unspecified atom stereocenters. The molecule has 1 aromatic rings. The van der Waals surface area contributed by atoms with Crippen LogP contribution in [-0.4, -0.2) is 19.7 Å². The van der Waals surface area contributed by atoms with Crippen molar-refractivity contribution in [1.82, 2.24) is 0 Å². The molecule has 0 heterocycles. The number of hydrogen-bond donors (Lipinski definition) is 0. The number of ether oxygens (including phenoxy) is 2. The molecule has 2 rings (SSSR count). The van der Waals surface area contributed by atoms with E-state index in [1.807, 2.05) is 12.1 Å². The zero-order chi connectivity index (χ0) is 14.4. The van der Waals surface area contributed by atoms with Crippen LogP contribution in [0.15, 0.2) is 24.3 Å². The Hall–Kier alpha value is -1.51. The predicted molar refractivity (Wildman–Crippen MR) is 78.8 cm³/mol. The molecule has 1 aromatic carbocycles. The molecule has 3 heteroatoms. The maximum Gasteiger partial charge on any atom is 0.302 e. The van der Waals surface area contributed by atoms with Crippen LogP contribution >= 0.6 is 0 Å². The lowest BCUT2D eigenvalue weighted by Crippen LogP contribution is -2.26. The summed E-state index contributed by atoms with van der Waals surface area (Å²) in [4.78, 5) is 11.0. The quantitative estimate of drug-likeness (QED) is 0.771. The molecule has 1 aliphatic rings. The van der Waals surface area contributed by atoms with E-state index in [9.17, 15) is 4.79 Å². The van der Waals surface area contributed by atoms with Gasteiger partial charge in [-0.25, -0.2) is 0 Å². The number of carbonyl (C=O) groups is 1. The first-order valence-corrected chi connectivity index (χ1v) is 7.45. The second-order valence-corrected chi connectivity index (χ2v) is 5.66. The average molecular weight is 276 g/mol. The van der Waals surface area contributed by atoms with Crippen molar-refractivity contribution in [3.05, 3.63) is 29.8 Å². The van der Waals surface area contributed by atoms with Crippen molar-refractivity contribution < 1.29 is 14.3 Å². The highest BCUT2D eigenvalue weighted by atomic mass is 16.5. The molecule has 1 fully saturated rings. The van der Waals surface area contributed by atoms with E-state index in [0.29, 0.717) is 18.4 Å². The van der Waals surface area contributed by atoms with Crippen LogP contribution in [0.2, 0.25) is 0 Å². The fourth-order valence-electron chi connectivity index (χ4n) is 3.10. The van der Waals surface area contributed by atoms with Crippen LogP contribution < -0.4 is 4.74 Å². The van der Waals surface area contributed by atoms with E-state index < -0.39 is 0 Å². The first-order chi connectivity index (χ1) is 9.69. The van der Waals surface area contributed by atoms with Crippen molar-refractivity contribution in [3.8, 4) is 5.75 Å². The third-order valence-corrected chi connectivity index (χ3v) is 4.20. The Labute approximate surface area is 121 Å². The molecular formula is C17H24O3. The Morgan fingerprint density at radius 3 is 2.70 bits per heavy atom. The van der Waals surface area contributed by atoms with Crippen molar-refractivity contribution in [2.45, 2.75) is 39.0 Å². The number of carbonyl (C=O) groups excluding carboxylic acids is 1. The SMILES string of the molecule is COc1cccc(CC2CCCCC2COC(C)=O)c1. The molecule has 0 radical (unpaired) electrons. The van der Waals surface area contributed by atoms with E-state index in [1.54, 1.807) is 7.11 Å². The van der Waals surface area contributed by atoms with Gasteiger partial charge in [-0.05, 0) is 48.8 Å². The summed E-state index contributed by atoms with van der Waals surface area (Å²) in [5.74, 6) is 1.85. The number of methoxy groups -OCH3 is 1. The summed E-state index contributed by atoms with van der Waals surface area (Å²) in [5.41, 5.74) is 1.31. The molecule has 0 aliphatic heterocycles. The molecule has 0 saturated heterocycles. The van der Waals surface area contributed by atoms with Crippen LogP contribution in [-0.2, 0) is 16.0 Å². The summed E-state index contributed by atoms with van der Waals surface area (Å²) >= 11 is 0. The lowest BCUT2D eigenvalue weighted by molar-refractivity contribution is -0.143. The van der Waals surface area contributed by atoms with Gasteiger partial charge >= 0.3 is 5.97 Å². The summed E-state index contributed by atoms with van der Waals surface area (Å²) in [6.07, 6.45) is 5.97. The fourth-order valence-corrected chi connectivity index (χ4v) is 3.10. The van der Waals surface area contributed by atoms with Gasteiger partial charge in [0.25, 0.3) is 0 Å². The van der Waals surface area contributed by atoms with E-state index in [1.165, 1.54) is 38.2 Å². The van der Waals surface area contributed by atoms with Gasteiger partial charge in [-0.15, -0.1) is 0 Å². The van der Waals surface area contributed by atoms with E-state index in [-0.39, 0.29) is 5.97 Å². The van der Waals surface area contributed by atoms with Crippen LogP contribution in [0, 0.1) is 11.8 Å². The smallest absolute Gasteiger partial charge is 0.302 e. The van der Waals surface area contributed by atoms with Crippen molar-refractivity contribution in [3.63, 3.8) is 0 Å². The number of esters is 1. The van der Waals surface area contributed by atoms with E-state index >= 15 is 0 Å². The van der Waals surface area contributed by atoms with Crippen molar-refractivity contribution in [2.75, 3.05) is 13.7 Å². The standard InChI is InChI=1S/C17H24O3/c1-13(18)20-12-16-8-4-3-7-15(16)10-14-6-5-9-17(11-14)19-2/h5-6,9,11,15-16H,3-4,7-8,10,12H2,1-2H3. The fraction of sp³-hybridized carbons (Fsp3) is 0.588. The summed E-state index contributed by atoms with van der Waals surface area (Å²) in [6.45, 7) is 2.06. The van der Waals surface area contributed by atoms with Crippen LogP contribution in [0.25, 0.3) is 0 Å². The minimum atomic E-state index is -0.171. The Kier molecular flexibility index (Phi) is 5.45. The topological polar surface area (TPSA) is 35.5 Å². The molecule has 1 saturated carbocycles. The van der Waals surface area contributed by atoms with Gasteiger partial charge in [0.15, 0.2) is 0 Å². The minimum absolute atomic E-state index is 0.171. The van der Waals surface area contributed by atoms with Crippen molar-refractivity contribution in [1.29, 1.82) is 0 Å². The normalized spacial score (nSPS) is 22.3. The van der Waals surface area contributed by atoms with Gasteiger partial charge in [0.2, 0.25) is 0 Å². The summed E-state index contributed by atoms with van der Waals surface area (Å²) in [6, 6.07) is 8.27. The number of benzene rings is 1. The highest BCUT2D eigenvalue weighted by molar-refractivity contribution is 5.65. The molecule has 0 amide bonds. The molecule has 2 atom stereocenters. The van der Waals surface area contributed by atoms with Crippen LogP contribution in [0.4, 0.5) is 0 Å². The first kappa shape index (κ1) is 14.9. The van der Waals surface area contributed by atoms with Crippen LogP contribution in [0.5, 0.6) is 5.75 Å². The third kappa shape index (κ3) is 4.26. The van der Waals surface area contributed by atoms with Crippen LogP contribution in [0.3, 0.4) is 0 Å². The molecule has 3 nitrogen and oxygen atoms in total. The minimum Gasteiger partial charge on any atom is -0.497 e. The Balaban J connectivity index is 1.98. The first-order valence-electron chi connectivity index (χ1n) is 7.45. The molecule has 20 heavy (non-hydrogen) atoms. The lowest BCUT2D eigenvalue weighted by atomic mass is 9.76. The Morgan fingerprint density at radius 1 is 1.25 bits per heavy atom. The van der Waals surface area contributed by atoms with Gasteiger partial charge in [0.1, 0.15) is 5.75 Å². The highest BCUT2D eigenvalue weighted by Crippen LogP contribution is 2.33. The molecule has 0 N–H and O–H groups in total. The molecule has 0 bridgehead atoms. The second-order valence-electron chi connectivity index (χ2n) is 5.66. The van der Waals surface area contributed by atoms with Gasteiger partial charge in [-0.2, -0.15) is 0 Å². The Bertz CT molecular complexity index is 442. The monoisotopic (exact) mass is 276 g/mol. The van der Waals surface area contributed by atoms with Gasteiger partial charge in [0.05, 0.1) is 13.7 Å². The number of hydrogen-bond acceptors (Lipinski definition) is 3. The highest BCUT2D eigenvalue weighted by Gasteiger charge is 2.26. The van der Waals surface area contributed by atoms with Gasteiger partial charge in [-0.3, -0.25) is 4.79 Å². The third-order valence-electron chi connectivity index (χ3n) is 4.20. The van der Waals surface area contributed by atoms with Gasteiger partial charge in [0, 0.05) is 6.92 Å². The van der Waals surface area contributed by atoms with E-state index in [2.05, 4.69) is 12.1 Å². The molecule has 0 spiro atoms.